The molecule has 4 nitrogen and oxygen atoms in total. The standard InChI is InChI=1S/C16H18N2O2/c1-3-20-15(19)12-6-4-5-11-10(2)16(9-17)13(14(11)12)7-8-18-16/h4-6,10,13,18H,3,7-8H2,1-2H3/t10-,13+,16-/m0/s1. The van der Waals surface area contributed by atoms with Gasteiger partial charge in [-0.1, -0.05) is 19.1 Å². The molecule has 1 aliphatic heterocycles. The summed E-state index contributed by atoms with van der Waals surface area (Å²) in [6, 6.07) is 8.20. The minimum Gasteiger partial charge on any atom is -0.462 e. The first-order chi connectivity index (χ1) is 9.65. The SMILES string of the molecule is CCOC(=O)c1cccc2c1[C@H]1CCN[C@@]1(C#N)[C@H]2C. The van der Waals surface area contributed by atoms with Gasteiger partial charge in [0.05, 0.1) is 18.2 Å². The van der Waals surface area contributed by atoms with Crippen LogP contribution in [-0.2, 0) is 4.74 Å². The zero-order valence-electron chi connectivity index (χ0n) is 11.8. The number of nitrogens with zero attached hydrogens (tertiary/aromatic N) is 1. The molecule has 104 valence electrons. The Balaban J connectivity index is 2.15. The topological polar surface area (TPSA) is 62.1 Å². The van der Waals surface area contributed by atoms with Crippen LogP contribution in [0.4, 0.5) is 0 Å². The number of rotatable bonds is 2. The van der Waals surface area contributed by atoms with Crippen LogP contribution in [-0.4, -0.2) is 24.7 Å². The van der Waals surface area contributed by atoms with E-state index >= 15 is 0 Å². The molecule has 1 heterocycles. The van der Waals surface area contributed by atoms with Gasteiger partial charge in [-0.3, -0.25) is 5.32 Å². The van der Waals surface area contributed by atoms with Crippen LogP contribution in [0.15, 0.2) is 18.2 Å². The molecule has 1 N–H and O–H groups in total. The lowest BCUT2D eigenvalue weighted by Crippen LogP contribution is -2.43. The lowest BCUT2D eigenvalue weighted by Gasteiger charge is -2.26. The molecule has 20 heavy (non-hydrogen) atoms. The van der Waals surface area contributed by atoms with Crippen molar-refractivity contribution in [3.63, 3.8) is 0 Å². The maximum Gasteiger partial charge on any atom is 0.338 e. The van der Waals surface area contributed by atoms with Crippen LogP contribution in [0.5, 0.6) is 0 Å². The van der Waals surface area contributed by atoms with Gasteiger partial charge in [0.25, 0.3) is 0 Å². The molecule has 2 aliphatic rings. The van der Waals surface area contributed by atoms with Gasteiger partial charge in [0.15, 0.2) is 0 Å². The smallest absolute Gasteiger partial charge is 0.338 e. The van der Waals surface area contributed by atoms with Gasteiger partial charge in [-0.05, 0) is 37.1 Å². The van der Waals surface area contributed by atoms with Crippen LogP contribution in [0.2, 0.25) is 0 Å². The fourth-order valence-corrected chi connectivity index (χ4v) is 3.80. The highest BCUT2D eigenvalue weighted by Crippen LogP contribution is 2.54. The molecule has 0 amide bonds. The fraction of sp³-hybridized carbons (Fsp3) is 0.500. The van der Waals surface area contributed by atoms with Crippen molar-refractivity contribution in [3.8, 4) is 6.07 Å². The van der Waals surface area contributed by atoms with Gasteiger partial charge >= 0.3 is 5.97 Å². The van der Waals surface area contributed by atoms with E-state index in [-0.39, 0.29) is 17.8 Å². The summed E-state index contributed by atoms with van der Waals surface area (Å²) < 4.78 is 5.16. The number of fused-ring (bicyclic) bond motifs is 3. The third-order valence-electron chi connectivity index (χ3n) is 4.72. The first kappa shape index (κ1) is 13.1. The third kappa shape index (κ3) is 1.53. The van der Waals surface area contributed by atoms with E-state index in [2.05, 4.69) is 18.3 Å². The van der Waals surface area contributed by atoms with E-state index in [0.29, 0.717) is 12.2 Å². The monoisotopic (exact) mass is 270 g/mol. The van der Waals surface area contributed by atoms with Crippen molar-refractivity contribution >= 4 is 5.97 Å². The summed E-state index contributed by atoms with van der Waals surface area (Å²) >= 11 is 0. The average Bonchev–Trinajstić information content (AvgIpc) is 2.98. The number of carbonyl (C=O) groups excluding carboxylic acids is 1. The Hall–Kier alpha value is -1.86. The van der Waals surface area contributed by atoms with E-state index in [0.717, 1.165) is 24.1 Å². The van der Waals surface area contributed by atoms with Crippen molar-refractivity contribution in [3.05, 3.63) is 34.9 Å². The largest absolute Gasteiger partial charge is 0.462 e. The highest BCUT2D eigenvalue weighted by molar-refractivity contribution is 5.92. The molecular weight excluding hydrogens is 252 g/mol. The summed E-state index contributed by atoms with van der Waals surface area (Å²) in [7, 11) is 0. The summed E-state index contributed by atoms with van der Waals surface area (Å²) in [4.78, 5) is 12.2. The first-order valence-electron chi connectivity index (χ1n) is 7.12. The second kappa shape index (κ2) is 4.60. The molecule has 0 radical (unpaired) electrons. The van der Waals surface area contributed by atoms with Crippen molar-refractivity contribution in [1.82, 2.24) is 5.32 Å². The molecule has 1 aliphatic carbocycles. The Morgan fingerprint density at radius 1 is 1.60 bits per heavy atom. The summed E-state index contributed by atoms with van der Waals surface area (Å²) in [5.74, 6) is -0.111. The van der Waals surface area contributed by atoms with E-state index in [9.17, 15) is 10.1 Å². The van der Waals surface area contributed by atoms with E-state index in [1.807, 2.05) is 18.2 Å². The first-order valence-corrected chi connectivity index (χ1v) is 7.12. The number of ether oxygens (including phenoxy) is 1. The molecule has 1 aromatic carbocycles. The zero-order valence-corrected chi connectivity index (χ0v) is 11.8. The molecule has 1 saturated heterocycles. The van der Waals surface area contributed by atoms with Gasteiger partial charge in [-0.15, -0.1) is 0 Å². The lowest BCUT2D eigenvalue weighted by molar-refractivity contribution is 0.0524. The average molecular weight is 270 g/mol. The molecule has 0 unspecified atom stereocenters. The van der Waals surface area contributed by atoms with Gasteiger partial charge in [0.2, 0.25) is 0 Å². The number of nitriles is 1. The molecule has 3 rings (SSSR count). The lowest BCUT2D eigenvalue weighted by atomic mass is 9.82. The second-order valence-corrected chi connectivity index (χ2v) is 5.50. The number of esters is 1. The Bertz CT molecular complexity index is 605. The van der Waals surface area contributed by atoms with Crippen LogP contribution in [0, 0.1) is 11.3 Å². The van der Waals surface area contributed by atoms with Gasteiger partial charge in [-0.2, -0.15) is 5.26 Å². The van der Waals surface area contributed by atoms with Crippen LogP contribution in [0.3, 0.4) is 0 Å². The summed E-state index contributed by atoms with van der Waals surface area (Å²) in [5.41, 5.74) is 2.19. The van der Waals surface area contributed by atoms with E-state index < -0.39 is 5.54 Å². The second-order valence-electron chi connectivity index (χ2n) is 5.50. The molecule has 3 atom stereocenters. The van der Waals surface area contributed by atoms with Gasteiger partial charge < -0.3 is 4.74 Å². The number of carbonyl (C=O) groups is 1. The van der Waals surface area contributed by atoms with Crippen molar-refractivity contribution in [2.24, 2.45) is 0 Å². The van der Waals surface area contributed by atoms with Crippen LogP contribution < -0.4 is 5.32 Å². The van der Waals surface area contributed by atoms with Crippen LogP contribution >= 0.6 is 0 Å². The van der Waals surface area contributed by atoms with E-state index in [1.165, 1.54) is 0 Å². The molecule has 0 bridgehead atoms. The van der Waals surface area contributed by atoms with Crippen LogP contribution in [0.25, 0.3) is 0 Å². The van der Waals surface area contributed by atoms with E-state index in [1.54, 1.807) is 6.92 Å². The molecule has 0 aromatic heterocycles. The summed E-state index contributed by atoms with van der Waals surface area (Å²) in [5, 5.41) is 13.0. The molecule has 0 spiro atoms. The normalized spacial score (nSPS) is 30.4. The van der Waals surface area contributed by atoms with E-state index in [4.69, 9.17) is 4.74 Å². The Labute approximate surface area is 118 Å². The molecule has 4 heteroatoms. The zero-order chi connectivity index (χ0) is 14.3. The molecule has 1 fully saturated rings. The minimum atomic E-state index is -0.565. The number of hydrogen-bond donors (Lipinski definition) is 1. The Morgan fingerprint density at radius 2 is 2.40 bits per heavy atom. The number of benzene rings is 1. The van der Waals surface area contributed by atoms with Crippen molar-refractivity contribution in [2.75, 3.05) is 13.2 Å². The van der Waals surface area contributed by atoms with Crippen molar-refractivity contribution in [2.45, 2.75) is 37.6 Å². The number of nitrogens with one attached hydrogen (secondary N) is 1. The maximum absolute atomic E-state index is 12.2. The Morgan fingerprint density at radius 3 is 3.10 bits per heavy atom. The minimum absolute atomic E-state index is 0.0816. The quantitative estimate of drug-likeness (QED) is 0.838. The van der Waals surface area contributed by atoms with Gasteiger partial charge in [0.1, 0.15) is 5.54 Å². The molecule has 1 aromatic rings. The highest BCUT2D eigenvalue weighted by Gasteiger charge is 2.55. The third-order valence-corrected chi connectivity index (χ3v) is 4.72. The predicted molar refractivity (Wildman–Crippen MR) is 74.5 cm³/mol. The Kier molecular flexibility index (Phi) is 3.02. The van der Waals surface area contributed by atoms with Crippen molar-refractivity contribution < 1.29 is 9.53 Å². The molecule has 0 saturated carbocycles. The van der Waals surface area contributed by atoms with Gasteiger partial charge in [-0.25, -0.2) is 4.79 Å². The highest BCUT2D eigenvalue weighted by atomic mass is 16.5. The van der Waals surface area contributed by atoms with Crippen molar-refractivity contribution in [1.29, 1.82) is 5.26 Å². The van der Waals surface area contributed by atoms with Gasteiger partial charge in [0, 0.05) is 11.8 Å². The maximum atomic E-state index is 12.2. The predicted octanol–water partition coefficient (Wildman–Crippen LogP) is 2.32. The summed E-state index contributed by atoms with van der Waals surface area (Å²) in [6.45, 7) is 5.05. The molecular formula is C16H18N2O2. The number of hydrogen-bond acceptors (Lipinski definition) is 4. The summed E-state index contributed by atoms with van der Waals surface area (Å²) in [6.07, 6.45) is 0.890. The van der Waals surface area contributed by atoms with Crippen LogP contribution in [0.1, 0.15) is 53.6 Å². The fourth-order valence-electron chi connectivity index (χ4n) is 3.80.